The predicted octanol–water partition coefficient (Wildman–Crippen LogP) is 2.45. The Hall–Kier alpha value is -1.88. The fourth-order valence-corrected chi connectivity index (χ4v) is 2.73. The number of hydrogen-bond acceptors (Lipinski definition) is 3. The van der Waals surface area contributed by atoms with Crippen molar-refractivity contribution in [3.63, 3.8) is 0 Å². The van der Waals surface area contributed by atoms with Crippen molar-refractivity contribution in [1.82, 2.24) is 4.90 Å². The fourth-order valence-electron chi connectivity index (χ4n) is 2.73. The number of likely N-dealkylation sites (N-methyl/N-ethyl adjacent to an activating group) is 1. The number of hydrogen-bond donors (Lipinski definition) is 1. The SMILES string of the molecule is CCN1CCN(c2ccc(C=CC(=O)O)cc2F)CC1C. The van der Waals surface area contributed by atoms with Crippen molar-refractivity contribution >= 4 is 17.7 Å². The van der Waals surface area contributed by atoms with Crippen LogP contribution in [0.1, 0.15) is 19.4 Å². The zero-order valence-corrected chi connectivity index (χ0v) is 12.4. The smallest absolute Gasteiger partial charge is 0.328 e. The Morgan fingerprint density at radius 2 is 2.24 bits per heavy atom. The van der Waals surface area contributed by atoms with Gasteiger partial charge in [0.05, 0.1) is 5.69 Å². The van der Waals surface area contributed by atoms with E-state index in [2.05, 4.69) is 23.6 Å². The molecule has 0 amide bonds. The van der Waals surface area contributed by atoms with E-state index in [4.69, 9.17) is 5.11 Å². The van der Waals surface area contributed by atoms with E-state index in [1.807, 2.05) is 0 Å². The molecule has 1 aliphatic heterocycles. The average molecular weight is 292 g/mol. The number of piperazine rings is 1. The highest BCUT2D eigenvalue weighted by Crippen LogP contribution is 2.24. The molecular formula is C16H21FN2O2. The maximum atomic E-state index is 14.2. The number of benzene rings is 1. The highest BCUT2D eigenvalue weighted by molar-refractivity contribution is 5.85. The van der Waals surface area contributed by atoms with Gasteiger partial charge in [-0.15, -0.1) is 0 Å². The lowest BCUT2D eigenvalue weighted by atomic mass is 10.1. The van der Waals surface area contributed by atoms with E-state index in [1.54, 1.807) is 12.1 Å². The van der Waals surface area contributed by atoms with Gasteiger partial charge in [0.2, 0.25) is 0 Å². The lowest BCUT2D eigenvalue weighted by Gasteiger charge is -2.40. The van der Waals surface area contributed by atoms with Gasteiger partial charge in [-0.1, -0.05) is 13.0 Å². The number of aliphatic carboxylic acids is 1. The van der Waals surface area contributed by atoms with Crippen molar-refractivity contribution < 1.29 is 14.3 Å². The summed E-state index contributed by atoms with van der Waals surface area (Å²) in [6.45, 7) is 7.83. The highest BCUT2D eigenvalue weighted by Gasteiger charge is 2.23. The van der Waals surface area contributed by atoms with Crippen LogP contribution in [0.5, 0.6) is 0 Å². The molecule has 1 atom stereocenters. The molecule has 5 heteroatoms. The van der Waals surface area contributed by atoms with E-state index >= 15 is 0 Å². The predicted molar refractivity (Wildman–Crippen MR) is 82.0 cm³/mol. The zero-order valence-electron chi connectivity index (χ0n) is 12.4. The Morgan fingerprint density at radius 3 is 2.81 bits per heavy atom. The Labute approximate surface area is 124 Å². The summed E-state index contributed by atoms with van der Waals surface area (Å²) in [6.07, 6.45) is 2.41. The van der Waals surface area contributed by atoms with E-state index in [9.17, 15) is 9.18 Å². The van der Waals surface area contributed by atoms with Crippen molar-refractivity contribution in [2.24, 2.45) is 0 Å². The Morgan fingerprint density at radius 1 is 1.48 bits per heavy atom. The summed E-state index contributed by atoms with van der Waals surface area (Å²) in [5.41, 5.74) is 1.14. The largest absolute Gasteiger partial charge is 0.478 e. The molecule has 1 fully saturated rings. The minimum Gasteiger partial charge on any atom is -0.478 e. The molecule has 1 saturated heterocycles. The second kappa shape index (κ2) is 6.72. The van der Waals surface area contributed by atoms with Crippen molar-refractivity contribution in [3.05, 3.63) is 35.7 Å². The van der Waals surface area contributed by atoms with E-state index < -0.39 is 5.97 Å². The molecule has 1 aliphatic rings. The van der Waals surface area contributed by atoms with Gasteiger partial charge in [0.1, 0.15) is 5.82 Å². The third kappa shape index (κ3) is 3.82. The van der Waals surface area contributed by atoms with Gasteiger partial charge in [-0.05, 0) is 37.2 Å². The molecule has 0 bridgehead atoms. The summed E-state index contributed by atoms with van der Waals surface area (Å²) < 4.78 is 14.2. The first-order chi connectivity index (χ1) is 10.0. The van der Waals surface area contributed by atoms with E-state index in [1.165, 1.54) is 12.1 Å². The van der Waals surface area contributed by atoms with Gasteiger partial charge < -0.3 is 10.0 Å². The Kier molecular flexibility index (Phi) is 4.96. The number of rotatable bonds is 4. The van der Waals surface area contributed by atoms with Crippen molar-refractivity contribution in [2.45, 2.75) is 19.9 Å². The Bertz CT molecular complexity index is 545. The van der Waals surface area contributed by atoms with Gasteiger partial charge in [0.25, 0.3) is 0 Å². The van der Waals surface area contributed by atoms with Gasteiger partial charge in [-0.25, -0.2) is 9.18 Å². The highest BCUT2D eigenvalue weighted by atomic mass is 19.1. The molecule has 4 nitrogen and oxygen atoms in total. The summed E-state index contributed by atoms with van der Waals surface area (Å²) in [4.78, 5) is 14.9. The third-order valence-corrected chi connectivity index (χ3v) is 3.90. The van der Waals surface area contributed by atoms with Crippen molar-refractivity contribution in [2.75, 3.05) is 31.1 Å². The van der Waals surface area contributed by atoms with Gasteiger partial charge in [-0.3, -0.25) is 4.90 Å². The van der Waals surface area contributed by atoms with Crippen LogP contribution in [-0.2, 0) is 4.79 Å². The van der Waals surface area contributed by atoms with Crippen LogP contribution in [-0.4, -0.2) is 48.2 Å². The van der Waals surface area contributed by atoms with Crippen molar-refractivity contribution in [3.8, 4) is 0 Å². The topological polar surface area (TPSA) is 43.8 Å². The van der Waals surface area contributed by atoms with Crippen LogP contribution < -0.4 is 4.90 Å². The van der Waals surface area contributed by atoms with Gasteiger partial charge in [-0.2, -0.15) is 0 Å². The van der Waals surface area contributed by atoms with Gasteiger partial charge in [0, 0.05) is 31.8 Å². The molecule has 0 saturated carbocycles. The third-order valence-electron chi connectivity index (χ3n) is 3.90. The molecule has 1 aromatic carbocycles. The molecule has 0 radical (unpaired) electrons. The lowest BCUT2D eigenvalue weighted by Crippen LogP contribution is -2.51. The quantitative estimate of drug-likeness (QED) is 0.866. The molecule has 0 aliphatic carbocycles. The van der Waals surface area contributed by atoms with Crippen LogP contribution in [0.15, 0.2) is 24.3 Å². The van der Waals surface area contributed by atoms with Crippen LogP contribution in [0.3, 0.4) is 0 Å². The van der Waals surface area contributed by atoms with Crippen LogP contribution in [0.4, 0.5) is 10.1 Å². The first kappa shape index (κ1) is 15.5. The average Bonchev–Trinajstić information content (AvgIpc) is 2.45. The second-order valence-electron chi connectivity index (χ2n) is 5.31. The molecule has 0 aromatic heterocycles. The molecule has 1 unspecified atom stereocenters. The van der Waals surface area contributed by atoms with Crippen LogP contribution in [0, 0.1) is 5.82 Å². The molecule has 114 valence electrons. The Balaban J connectivity index is 2.13. The number of carbonyl (C=O) groups is 1. The van der Waals surface area contributed by atoms with Gasteiger partial charge in [0.15, 0.2) is 0 Å². The van der Waals surface area contributed by atoms with E-state index in [-0.39, 0.29) is 5.82 Å². The number of carboxylic acids is 1. The molecule has 1 N–H and O–H groups in total. The minimum absolute atomic E-state index is 0.306. The molecule has 2 rings (SSSR count). The fraction of sp³-hybridized carbons (Fsp3) is 0.438. The molecule has 21 heavy (non-hydrogen) atoms. The summed E-state index contributed by atoms with van der Waals surface area (Å²) in [5.74, 6) is -1.34. The number of carboxylic acid groups (broad SMARTS) is 1. The zero-order chi connectivity index (χ0) is 15.4. The summed E-state index contributed by atoms with van der Waals surface area (Å²) in [7, 11) is 0. The maximum absolute atomic E-state index is 14.2. The van der Waals surface area contributed by atoms with Crippen molar-refractivity contribution in [1.29, 1.82) is 0 Å². The molecule has 1 aromatic rings. The summed E-state index contributed by atoms with van der Waals surface area (Å²) in [5, 5.41) is 8.59. The van der Waals surface area contributed by atoms with E-state index in [0.717, 1.165) is 32.3 Å². The normalized spacial score (nSPS) is 20.1. The summed E-state index contributed by atoms with van der Waals surface area (Å²) >= 11 is 0. The van der Waals surface area contributed by atoms with E-state index in [0.29, 0.717) is 17.3 Å². The molecule has 1 heterocycles. The first-order valence-corrected chi connectivity index (χ1v) is 7.20. The molecule has 0 spiro atoms. The first-order valence-electron chi connectivity index (χ1n) is 7.20. The number of nitrogens with zero attached hydrogens (tertiary/aromatic N) is 2. The van der Waals surface area contributed by atoms with Crippen LogP contribution in [0.25, 0.3) is 6.08 Å². The number of halogens is 1. The standard InChI is InChI=1S/C16H21FN2O2/c1-3-18-8-9-19(11-12(18)2)15-6-4-13(10-14(15)17)5-7-16(20)21/h4-7,10,12H,3,8-9,11H2,1-2H3,(H,20,21). The monoisotopic (exact) mass is 292 g/mol. The molecular weight excluding hydrogens is 271 g/mol. The maximum Gasteiger partial charge on any atom is 0.328 e. The van der Waals surface area contributed by atoms with Crippen LogP contribution >= 0.6 is 0 Å². The van der Waals surface area contributed by atoms with Gasteiger partial charge >= 0.3 is 5.97 Å². The lowest BCUT2D eigenvalue weighted by molar-refractivity contribution is -0.131. The van der Waals surface area contributed by atoms with Crippen LogP contribution in [0.2, 0.25) is 0 Å². The second-order valence-corrected chi connectivity index (χ2v) is 5.31. The number of anilines is 1. The summed E-state index contributed by atoms with van der Waals surface area (Å²) in [6, 6.07) is 5.25. The minimum atomic E-state index is -1.04.